The van der Waals surface area contributed by atoms with E-state index in [4.69, 9.17) is 9.47 Å². The van der Waals surface area contributed by atoms with E-state index in [0.29, 0.717) is 37.6 Å². The minimum absolute atomic E-state index is 0.0404. The van der Waals surface area contributed by atoms with Crippen LogP contribution < -0.4 is 25.4 Å². The smallest absolute Gasteiger partial charge is 0.326 e. The molecule has 5 rings (SSSR count). The van der Waals surface area contributed by atoms with Gasteiger partial charge in [-0.1, -0.05) is 18.9 Å². The van der Waals surface area contributed by atoms with Crippen LogP contribution in [0.4, 0.5) is 0 Å². The Morgan fingerprint density at radius 3 is 2.42 bits per heavy atom. The van der Waals surface area contributed by atoms with Crippen LogP contribution in [-0.4, -0.2) is 31.6 Å². The minimum atomic E-state index is -3.96. The van der Waals surface area contributed by atoms with Crippen molar-refractivity contribution in [3.05, 3.63) is 62.8 Å². The monoisotopic (exact) mass is 443 g/mol. The van der Waals surface area contributed by atoms with Crippen LogP contribution in [0.2, 0.25) is 0 Å². The maximum Gasteiger partial charge on any atom is 0.326 e. The van der Waals surface area contributed by atoms with Crippen molar-refractivity contribution in [3.8, 4) is 11.5 Å². The second-order valence-electron chi connectivity index (χ2n) is 7.87. The number of ether oxygens (including phenoxy) is 2. The second kappa shape index (κ2) is 7.24. The topological polar surface area (TPSA) is 130 Å². The molecule has 2 aliphatic rings. The van der Waals surface area contributed by atoms with Gasteiger partial charge in [0.15, 0.2) is 11.5 Å². The van der Waals surface area contributed by atoms with Crippen molar-refractivity contribution in [1.82, 2.24) is 14.7 Å². The predicted octanol–water partition coefficient (Wildman–Crippen LogP) is 1.74. The van der Waals surface area contributed by atoms with Gasteiger partial charge in [-0.05, 0) is 48.7 Å². The number of aromatic amines is 2. The minimum Gasteiger partial charge on any atom is -0.486 e. The summed E-state index contributed by atoms with van der Waals surface area (Å²) in [4.78, 5) is 28.2. The molecule has 0 atom stereocenters. The first-order valence-corrected chi connectivity index (χ1v) is 11.6. The molecule has 3 aromatic rings. The molecule has 1 fully saturated rings. The molecule has 0 spiro atoms. The summed E-state index contributed by atoms with van der Waals surface area (Å²) in [5, 5.41) is 0.0993. The summed E-state index contributed by atoms with van der Waals surface area (Å²) < 4.78 is 40.8. The fraction of sp³-hybridized carbons (Fsp3) is 0.333. The third-order valence-corrected chi connectivity index (χ3v) is 7.44. The van der Waals surface area contributed by atoms with Gasteiger partial charge in [0.1, 0.15) is 13.2 Å². The molecule has 1 aromatic heterocycles. The van der Waals surface area contributed by atoms with Crippen LogP contribution in [0.5, 0.6) is 11.5 Å². The van der Waals surface area contributed by atoms with Crippen molar-refractivity contribution in [2.75, 3.05) is 13.2 Å². The first-order valence-electron chi connectivity index (χ1n) is 10.1. The first kappa shape index (κ1) is 19.8. The van der Waals surface area contributed by atoms with E-state index < -0.39 is 26.8 Å². The summed E-state index contributed by atoms with van der Waals surface area (Å²) in [7, 11) is -3.96. The molecule has 2 aromatic carbocycles. The van der Waals surface area contributed by atoms with E-state index in [1.165, 1.54) is 18.2 Å². The summed E-state index contributed by atoms with van der Waals surface area (Å²) in [6.45, 7) is 0.930. The number of benzene rings is 2. The lowest BCUT2D eigenvalue weighted by molar-refractivity contribution is 0.171. The van der Waals surface area contributed by atoms with Crippen molar-refractivity contribution in [3.63, 3.8) is 0 Å². The van der Waals surface area contributed by atoms with Crippen LogP contribution in [0.25, 0.3) is 10.9 Å². The van der Waals surface area contributed by atoms with Gasteiger partial charge in [-0.25, -0.2) is 17.9 Å². The van der Waals surface area contributed by atoms with Crippen LogP contribution in [-0.2, 0) is 15.6 Å². The number of sulfonamides is 1. The largest absolute Gasteiger partial charge is 0.486 e. The zero-order valence-corrected chi connectivity index (χ0v) is 17.4. The first-order chi connectivity index (χ1) is 14.9. The molecule has 1 saturated carbocycles. The number of hydrogen-bond acceptors (Lipinski definition) is 6. The molecule has 31 heavy (non-hydrogen) atoms. The van der Waals surface area contributed by atoms with Crippen LogP contribution in [0.15, 0.2) is 50.9 Å². The molecule has 0 unspecified atom stereocenters. The van der Waals surface area contributed by atoms with Gasteiger partial charge in [0.05, 0.1) is 21.3 Å². The highest BCUT2D eigenvalue weighted by atomic mass is 32.2. The van der Waals surface area contributed by atoms with E-state index in [0.717, 1.165) is 18.4 Å². The van der Waals surface area contributed by atoms with Crippen LogP contribution in [0.1, 0.15) is 31.2 Å². The standard InChI is InChI=1S/C21H21N3O6S/c25-19-15-12-14(4-5-16(15)22-20(26)23-19)31(27,28)24-21(7-1-2-8-21)13-3-6-17-18(11-13)30-10-9-29-17/h3-6,11-12,24H,1-2,7-10H2,(H2,22,23,25,26). The van der Waals surface area contributed by atoms with Gasteiger partial charge in [0.25, 0.3) is 5.56 Å². The fourth-order valence-electron chi connectivity index (χ4n) is 4.40. The number of nitrogens with one attached hydrogen (secondary N) is 3. The Balaban J connectivity index is 1.55. The molecule has 0 saturated heterocycles. The quantitative estimate of drug-likeness (QED) is 0.563. The Bertz CT molecular complexity index is 1390. The lowest BCUT2D eigenvalue weighted by Gasteiger charge is -2.32. The zero-order chi connectivity index (χ0) is 21.6. The SMILES string of the molecule is O=c1[nH]c(=O)c2cc(S(=O)(=O)NC3(c4ccc5c(c4)OCCO5)CCCC3)ccc2[nH]1. The average Bonchev–Trinajstić information content (AvgIpc) is 3.22. The number of rotatable bonds is 4. The van der Waals surface area contributed by atoms with Gasteiger partial charge in [-0.2, -0.15) is 0 Å². The van der Waals surface area contributed by atoms with Crippen LogP contribution in [0, 0.1) is 0 Å². The Morgan fingerprint density at radius 1 is 0.903 bits per heavy atom. The Kier molecular flexibility index (Phi) is 4.63. The molecule has 162 valence electrons. The Hall–Kier alpha value is -3.11. The molecule has 0 amide bonds. The zero-order valence-electron chi connectivity index (χ0n) is 16.6. The molecule has 2 heterocycles. The third-order valence-electron chi connectivity index (χ3n) is 5.90. The maximum absolute atomic E-state index is 13.3. The van der Waals surface area contributed by atoms with Gasteiger partial charge in [-0.15, -0.1) is 0 Å². The summed E-state index contributed by atoms with van der Waals surface area (Å²) in [6, 6.07) is 9.61. The number of hydrogen-bond donors (Lipinski definition) is 3. The highest BCUT2D eigenvalue weighted by Crippen LogP contribution is 2.43. The Morgan fingerprint density at radius 2 is 1.65 bits per heavy atom. The lowest BCUT2D eigenvalue weighted by Crippen LogP contribution is -2.43. The molecule has 3 N–H and O–H groups in total. The van der Waals surface area contributed by atoms with Crippen molar-refractivity contribution >= 4 is 20.9 Å². The number of H-pyrrole nitrogens is 2. The van der Waals surface area contributed by atoms with E-state index in [2.05, 4.69) is 14.7 Å². The lowest BCUT2D eigenvalue weighted by atomic mass is 9.89. The summed E-state index contributed by atoms with van der Waals surface area (Å²) in [5.41, 5.74) is -0.968. The summed E-state index contributed by atoms with van der Waals surface area (Å²) >= 11 is 0. The third kappa shape index (κ3) is 3.51. The molecular weight excluding hydrogens is 422 g/mol. The normalized spacial score (nSPS) is 17.7. The van der Waals surface area contributed by atoms with Crippen molar-refractivity contribution < 1.29 is 17.9 Å². The van der Waals surface area contributed by atoms with Gasteiger partial charge < -0.3 is 14.5 Å². The van der Waals surface area contributed by atoms with Gasteiger partial charge in [-0.3, -0.25) is 9.78 Å². The average molecular weight is 443 g/mol. The summed E-state index contributed by atoms with van der Waals surface area (Å²) in [5.74, 6) is 1.25. The molecule has 0 radical (unpaired) electrons. The number of fused-ring (bicyclic) bond motifs is 2. The van der Waals surface area contributed by atoms with E-state index in [9.17, 15) is 18.0 Å². The van der Waals surface area contributed by atoms with Crippen molar-refractivity contribution in [2.24, 2.45) is 0 Å². The Labute approximate surface area is 177 Å². The number of aromatic nitrogens is 2. The highest BCUT2D eigenvalue weighted by Gasteiger charge is 2.40. The van der Waals surface area contributed by atoms with Gasteiger partial charge >= 0.3 is 5.69 Å². The molecule has 10 heteroatoms. The molecular formula is C21H21N3O6S. The van der Waals surface area contributed by atoms with E-state index in [1.54, 1.807) is 0 Å². The van der Waals surface area contributed by atoms with Crippen LogP contribution in [0.3, 0.4) is 0 Å². The van der Waals surface area contributed by atoms with E-state index >= 15 is 0 Å². The van der Waals surface area contributed by atoms with Crippen molar-refractivity contribution in [1.29, 1.82) is 0 Å². The highest BCUT2D eigenvalue weighted by molar-refractivity contribution is 7.89. The summed E-state index contributed by atoms with van der Waals surface area (Å²) in [6.07, 6.45) is 3.06. The predicted molar refractivity (Wildman–Crippen MR) is 113 cm³/mol. The van der Waals surface area contributed by atoms with Crippen LogP contribution >= 0.6 is 0 Å². The van der Waals surface area contributed by atoms with Gasteiger partial charge in [0, 0.05) is 0 Å². The molecule has 0 bridgehead atoms. The van der Waals surface area contributed by atoms with E-state index in [-0.39, 0.29) is 15.8 Å². The van der Waals surface area contributed by atoms with Crippen molar-refractivity contribution in [2.45, 2.75) is 36.1 Å². The van der Waals surface area contributed by atoms with E-state index in [1.807, 2.05) is 18.2 Å². The van der Waals surface area contributed by atoms with Gasteiger partial charge in [0.2, 0.25) is 10.0 Å². The molecule has 1 aliphatic heterocycles. The molecule has 1 aliphatic carbocycles. The molecule has 9 nitrogen and oxygen atoms in total. The second-order valence-corrected chi connectivity index (χ2v) is 9.55. The fourth-order valence-corrected chi connectivity index (χ4v) is 5.87. The maximum atomic E-state index is 13.3.